The normalized spacial score (nSPS) is 16.8. The minimum absolute atomic E-state index is 0.0656. The number of likely N-dealkylation sites (tertiary alicyclic amines) is 1. The summed E-state index contributed by atoms with van der Waals surface area (Å²) in [5.74, 6) is -0.362. The van der Waals surface area contributed by atoms with Crippen molar-refractivity contribution in [3.63, 3.8) is 0 Å². The third-order valence-corrected chi connectivity index (χ3v) is 4.10. The number of nitrogens with one attached hydrogen (secondary N) is 2. The fourth-order valence-corrected chi connectivity index (χ4v) is 2.85. The second-order valence-electron chi connectivity index (χ2n) is 6.06. The van der Waals surface area contributed by atoms with Gasteiger partial charge in [-0.25, -0.2) is 0 Å². The third kappa shape index (κ3) is 4.57. The molecule has 130 valence electrons. The summed E-state index contributed by atoms with van der Waals surface area (Å²) >= 11 is 0. The maximum Gasteiger partial charge on any atom is 0.254 e. The van der Waals surface area contributed by atoms with E-state index >= 15 is 0 Å². The highest BCUT2D eigenvalue weighted by Crippen LogP contribution is 2.21. The molecular weight excluding hydrogens is 306 g/mol. The van der Waals surface area contributed by atoms with Crippen LogP contribution in [0, 0.1) is 0 Å². The molecule has 1 aliphatic heterocycles. The van der Waals surface area contributed by atoms with Crippen molar-refractivity contribution >= 4 is 23.4 Å². The van der Waals surface area contributed by atoms with E-state index in [2.05, 4.69) is 17.6 Å². The lowest BCUT2D eigenvalue weighted by Crippen LogP contribution is -2.46. The van der Waals surface area contributed by atoms with Crippen molar-refractivity contribution in [3.05, 3.63) is 29.8 Å². The predicted octanol–water partition coefficient (Wildman–Crippen LogP) is 2.17. The van der Waals surface area contributed by atoms with Gasteiger partial charge in [-0.3, -0.25) is 14.4 Å². The fourth-order valence-electron chi connectivity index (χ4n) is 2.85. The lowest BCUT2D eigenvalue weighted by molar-refractivity contribution is -0.124. The van der Waals surface area contributed by atoms with E-state index in [9.17, 15) is 14.4 Å². The number of hydrogen-bond donors (Lipinski definition) is 2. The quantitative estimate of drug-likeness (QED) is 0.784. The third-order valence-electron chi connectivity index (χ3n) is 4.10. The van der Waals surface area contributed by atoms with Crippen LogP contribution in [0.4, 0.5) is 5.69 Å². The molecule has 0 saturated carbocycles. The highest BCUT2D eigenvalue weighted by Gasteiger charge is 2.34. The van der Waals surface area contributed by atoms with E-state index in [1.54, 1.807) is 29.2 Å². The summed E-state index contributed by atoms with van der Waals surface area (Å²) in [6.07, 6.45) is 3.50. The van der Waals surface area contributed by atoms with Gasteiger partial charge in [-0.15, -0.1) is 0 Å². The van der Waals surface area contributed by atoms with Crippen LogP contribution in [-0.4, -0.2) is 41.8 Å². The van der Waals surface area contributed by atoms with Crippen molar-refractivity contribution in [2.45, 2.75) is 45.6 Å². The van der Waals surface area contributed by atoms with E-state index < -0.39 is 0 Å². The zero-order chi connectivity index (χ0) is 17.5. The van der Waals surface area contributed by atoms with Crippen molar-refractivity contribution in [3.8, 4) is 0 Å². The molecule has 0 unspecified atom stereocenters. The standard InChI is InChI=1S/C18H25N3O3/c1-3-4-11-19-17(23)16-6-5-12-21(16)18(24)14-7-9-15(10-8-14)20-13(2)22/h7-10,16H,3-6,11-12H2,1-2H3,(H,19,23)(H,20,22)/t16-/m0/s1. The summed E-state index contributed by atoms with van der Waals surface area (Å²) in [5.41, 5.74) is 1.17. The van der Waals surface area contributed by atoms with Crippen LogP contribution in [0.5, 0.6) is 0 Å². The summed E-state index contributed by atoms with van der Waals surface area (Å²) in [7, 11) is 0. The van der Waals surface area contributed by atoms with Crippen molar-refractivity contribution in [2.75, 3.05) is 18.4 Å². The summed E-state index contributed by atoms with van der Waals surface area (Å²) in [5, 5.41) is 5.58. The maximum atomic E-state index is 12.7. The molecule has 2 rings (SSSR count). The molecule has 6 nitrogen and oxygen atoms in total. The summed E-state index contributed by atoms with van der Waals surface area (Å²) in [4.78, 5) is 37.7. The van der Waals surface area contributed by atoms with Gasteiger partial charge in [0.25, 0.3) is 5.91 Å². The first kappa shape index (κ1) is 18.0. The van der Waals surface area contributed by atoms with Gasteiger partial charge in [0.1, 0.15) is 6.04 Å². The van der Waals surface area contributed by atoms with E-state index in [0.717, 1.165) is 19.3 Å². The number of anilines is 1. The van der Waals surface area contributed by atoms with Crippen LogP contribution in [0.25, 0.3) is 0 Å². The first-order valence-corrected chi connectivity index (χ1v) is 8.49. The number of hydrogen-bond acceptors (Lipinski definition) is 3. The summed E-state index contributed by atoms with van der Waals surface area (Å²) in [6, 6.07) is 6.36. The molecule has 0 aliphatic carbocycles. The number of carbonyl (C=O) groups is 3. The molecule has 1 saturated heterocycles. The summed E-state index contributed by atoms with van der Waals surface area (Å²) in [6.45, 7) is 4.75. The van der Waals surface area contributed by atoms with Crippen LogP contribution in [-0.2, 0) is 9.59 Å². The van der Waals surface area contributed by atoms with Crippen molar-refractivity contribution in [1.29, 1.82) is 0 Å². The highest BCUT2D eigenvalue weighted by molar-refractivity contribution is 5.98. The van der Waals surface area contributed by atoms with Crippen LogP contribution >= 0.6 is 0 Å². The molecule has 24 heavy (non-hydrogen) atoms. The van der Waals surface area contributed by atoms with Gasteiger partial charge in [0, 0.05) is 31.3 Å². The zero-order valence-corrected chi connectivity index (χ0v) is 14.3. The second kappa shape index (κ2) is 8.47. The first-order chi connectivity index (χ1) is 11.5. The largest absolute Gasteiger partial charge is 0.354 e. The van der Waals surface area contributed by atoms with Crippen LogP contribution in [0.3, 0.4) is 0 Å². The molecule has 0 radical (unpaired) electrons. The molecule has 1 heterocycles. The van der Waals surface area contributed by atoms with Gasteiger partial charge in [-0.2, -0.15) is 0 Å². The maximum absolute atomic E-state index is 12.7. The Morgan fingerprint density at radius 3 is 2.54 bits per heavy atom. The molecular formula is C18H25N3O3. The van der Waals surface area contributed by atoms with E-state index in [1.807, 2.05) is 0 Å². The topological polar surface area (TPSA) is 78.5 Å². The Balaban J connectivity index is 2.02. The lowest BCUT2D eigenvalue weighted by atomic mass is 10.1. The molecule has 1 atom stereocenters. The molecule has 3 amide bonds. The number of carbonyl (C=O) groups excluding carboxylic acids is 3. The van der Waals surface area contributed by atoms with Crippen LogP contribution in [0.15, 0.2) is 24.3 Å². The van der Waals surface area contributed by atoms with E-state index in [-0.39, 0.29) is 23.8 Å². The Kier molecular flexibility index (Phi) is 6.35. The molecule has 6 heteroatoms. The molecule has 1 fully saturated rings. The summed E-state index contributed by atoms with van der Waals surface area (Å²) < 4.78 is 0. The number of nitrogens with zero attached hydrogens (tertiary/aromatic N) is 1. The number of amides is 3. The number of rotatable bonds is 6. The van der Waals surface area contributed by atoms with Crippen molar-refractivity contribution in [1.82, 2.24) is 10.2 Å². The van der Waals surface area contributed by atoms with Crippen molar-refractivity contribution in [2.24, 2.45) is 0 Å². The molecule has 0 bridgehead atoms. The molecule has 0 aromatic heterocycles. The highest BCUT2D eigenvalue weighted by atomic mass is 16.2. The van der Waals surface area contributed by atoms with Gasteiger partial charge in [0.2, 0.25) is 11.8 Å². The number of unbranched alkanes of at least 4 members (excludes halogenated alkanes) is 1. The van der Waals surface area contributed by atoms with E-state index in [1.165, 1.54) is 6.92 Å². The molecule has 1 aromatic rings. The number of benzene rings is 1. The van der Waals surface area contributed by atoms with Gasteiger partial charge in [0.15, 0.2) is 0 Å². The zero-order valence-electron chi connectivity index (χ0n) is 14.3. The second-order valence-corrected chi connectivity index (χ2v) is 6.06. The average molecular weight is 331 g/mol. The Hall–Kier alpha value is -2.37. The Bertz CT molecular complexity index is 598. The van der Waals surface area contributed by atoms with E-state index in [4.69, 9.17) is 0 Å². The predicted molar refractivity (Wildman–Crippen MR) is 92.7 cm³/mol. The molecule has 1 aliphatic rings. The minimum Gasteiger partial charge on any atom is -0.354 e. The fraction of sp³-hybridized carbons (Fsp3) is 0.500. The Labute approximate surface area is 142 Å². The van der Waals surface area contributed by atoms with Gasteiger partial charge >= 0.3 is 0 Å². The minimum atomic E-state index is -0.385. The first-order valence-electron chi connectivity index (χ1n) is 8.49. The Morgan fingerprint density at radius 1 is 1.21 bits per heavy atom. The monoisotopic (exact) mass is 331 g/mol. The molecule has 1 aromatic carbocycles. The van der Waals surface area contributed by atoms with Gasteiger partial charge in [-0.05, 0) is 43.5 Å². The van der Waals surface area contributed by atoms with Gasteiger partial charge < -0.3 is 15.5 Å². The smallest absolute Gasteiger partial charge is 0.254 e. The van der Waals surface area contributed by atoms with Gasteiger partial charge in [-0.1, -0.05) is 13.3 Å². The SMILES string of the molecule is CCCCNC(=O)[C@@H]1CCCN1C(=O)c1ccc(NC(C)=O)cc1. The van der Waals surface area contributed by atoms with Crippen LogP contribution in [0.2, 0.25) is 0 Å². The van der Waals surface area contributed by atoms with Crippen LogP contribution in [0.1, 0.15) is 49.9 Å². The lowest BCUT2D eigenvalue weighted by Gasteiger charge is -2.24. The van der Waals surface area contributed by atoms with E-state index in [0.29, 0.717) is 30.8 Å². The van der Waals surface area contributed by atoms with Crippen molar-refractivity contribution < 1.29 is 14.4 Å². The molecule has 2 N–H and O–H groups in total. The molecule has 0 spiro atoms. The average Bonchev–Trinajstić information content (AvgIpc) is 3.04. The van der Waals surface area contributed by atoms with Gasteiger partial charge in [0.05, 0.1) is 0 Å². The van der Waals surface area contributed by atoms with Crippen LogP contribution < -0.4 is 10.6 Å². The Morgan fingerprint density at radius 2 is 1.92 bits per heavy atom.